The molecule has 0 heterocycles. The number of rotatable bonds is 5. The molecule has 0 aliphatic heterocycles. The maximum Gasteiger partial charge on any atom is 0.337 e. The molecule has 0 unspecified atom stereocenters. The van der Waals surface area contributed by atoms with Gasteiger partial charge in [-0.3, -0.25) is 0 Å². The van der Waals surface area contributed by atoms with Crippen molar-refractivity contribution in [1.82, 2.24) is 4.31 Å². The first-order valence-electron chi connectivity index (χ1n) is 4.83. The summed E-state index contributed by atoms with van der Waals surface area (Å²) >= 11 is 0. The fraction of sp³-hybridized carbons (Fsp3) is 0.300. The van der Waals surface area contributed by atoms with Crippen molar-refractivity contribution in [2.75, 3.05) is 13.6 Å². The first-order chi connectivity index (χ1) is 8.26. The molecule has 0 bridgehead atoms. The number of sulfonamides is 1. The van der Waals surface area contributed by atoms with Gasteiger partial charge in [0.15, 0.2) is 0 Å². The van der Waals surface area contributed by atoms with Crippen LogP contribution in [0.15, 0.2) is 29.2 Å². The van der Waals surface area contributed by atoms with Crippen LogP contribution in [0.3, 0.4) is 0 Å². The van der Waals surface area contributed by atoms with Gasteiger partial charge in [-0.1, -0.05) is 12.1 Å². The summed E-state index contributed by atoms with van der Waals surface area (Å²) in [6.07, 6.45) is -2.83. The molecule has 0 aromatic heterocycles. The summed E-state index contributed by atoms with van der Waals surface area (Å²) in [6.45, 7) is -0.990. The van der Waals surface area contributed by atoms with Crippen molar-refractivity contribution < 1.29 is 27.1 Å². The molecule has 1 aromatic rings. The molecule has 0 atom stereocenters. The second-order valence-electron chi connectivity index (χ2n) is 3.48. The Bertz CT molecular complexity index is 545. The van der Waals surface area contributed by atoms with Gasteiger partial charge in [-0.2, -0.15) is 4.31 Å². The van der Waals surface area contributed by atoms with Crippen LogP contribution in [0.1, 0.15) is 10.4 Å². The molecule has 0 fully saturated rings. The molecule has 0 aliphatic carbocycles. The predicted octanol–water partition coefficient (Wildman–Crippen LogP) is 1.27. The first-order valence-corrected chi connectivity index (χ1v) is 6.27. The van der Waals surface area contributed by atoms with E-state index in [-0.39, 0.29) is 0 Å². The van der Waals surface area contributed by atoms with Crippen molar-refractivity contribution in [3.63, 3.8) is 0 Å². The lowest BCUT2D eigenvalue weighted by atomic mass is 10.2. The number of benzene rings is 1. The molecular formula is C10H11F2NO4S. The summed E-state index contributed by atoms with van der Waals surface area (Å²) in [7, 11) is -3.26. The Morgan fingerprint density at radius 3 is 2.44 bits per heavy atom. The molecule has 5 nitrogen and oxygen atoms in total. The molecule has 0 spiro atoms. The molecule has 1 aromatic carbocycles. The Morgan fingerprint density at radius 2 is 1.94 bits per heavy atom. The number of hydrogen-bond donors (Lipinski definition) is 1. The van der Waals surface area contributed by atoms with Gasteiger partial charge in [0.05, 0.1) is 17.0 Å². The van der Waals surface area contributed by atoms with Crippen LogP contribution >= 0.6 is 0 Å². The van der Waals surface area contributed by atoms with Gasteiger partial charge in [0.1, 0.15) is 0 Å². The molecular weight excluding hydrogens is 268 g/mol. The van der Waals surface area contributed by atoms with Gasteiger partial charge in [0, 0.05) is 7.05 Å². The quantitative estimate of drug-likeness (QED) is 0.880. The monoisotopic (exact) mass is 279 g/mol. The van der Waals surface area contributed by atoms with E-state index in [9.17, 15) is 22.0 Å². The number of hydrogen-bond acceptors (Lipinski definition) is 3. The van der Waals surface area contributed by atoms with Crippen molar-refractivity contribution in [3.8, 4) is 0 Å². The Hall–Kier alpha value is -1.54. The number of carboxylic acids is 1. The van der Waals surface area contributed by atoms with Crippen molar-refractivity contribution in [2.24, 2.45) is 0 Å². The zero-order valence-corrected chi connectivity index (χ0v) is 10.2. The number of halogens is 2. The Kier molecular flexibility index (Phi) is 4.36. The molecule has 1 N–H and O–H groups in total. The summed E-state index contributed by atoms with van der Waals surface area (Å²) in [4.78, 5) is 10.4. The van der Waals surface area contributed by atoms with Crippen molar-refractivity contribution in [1.29, 1.82) is 0 Å². The third kappa shape index (κ3) is 3.02. The lowest BCUT2D eigenvalue weighted by Crippen LogP contribution is -2.32. The SMILES string of the molecule is CN(CC(F)F)S(=O)(=O)c1ccccc1C(=O)O. The topological polar surface area (TPSA) is 74.7 Å². The highest BCUT2D eigenvalue weighted by molar-refractivity contribution is 7.89. The fourth-order valence-electron chi connectivity index (χ4n) is 1.33. The van der Waals surface area contributed by atoms with E-state index >= 15 is 0 Å². The van der Waals surface area contributed by atoms with Gasteiger partial charge >= 0.3 is 5.97 Å². The van der Waals surface area contributed by atoms with E-state index in [0.29, 0.717) is 4.31 Å². The molecule has 8 heteroatoms. The summed E-state index contributed by atoms with van der Waals surface area (Å²) in [6, 6.07) is 4.86. The van der Waals surface area contributed by atoms with Gasteiger partial charge in [0.2, 0.25) is 10.0 Å². The van der Waals surface area contributed by atoms with Crippen LogP contribution in [0.5, 0.6) is 0 Å². The summed E-state index contributed by atoms with van der Waals surface area (Å²) < 4.78 is 48.6. The first kappa shape index (κ1) is 14.5. The van der Waals surface area contributed by atoms with Crippen LogP contribution in [0, 0.1) is 0 Å². The molecule has 100 valence electrons. The number of carboxylic acid groups (broad SMARTS) is 1. The minimum atomic E-state index is -4.24. The van der Waals surface area contributed by atoms with Crippen molar-refractivity contribution in [2.45, 2.75) is 11.3 Å². The highest BCUT2D eigenvalue weighted by atomic mass is 32.2. The van der Waals surface area contributed by atoms with E-state index in [4.69, 9.17) is 5.11 Å². The number of aromatic carboxylic acids is 1. The van der Waals surface area contributed by atoms with E-state index in [1.165, 1.54) is 12.1 Å². The highest BCUT2D eigenvalue weighted by Gasteiger charge is 2.27. The van der Waals surface area contributed by atoms with Crippen LogP contribution < -0.4 is 0 Å². The zero-order valence-electron chi connectivity index (χ0n) is 9.38. The third-order valence-corrected chi connectivity index (χ3v) is 4.08. The van der Waals surface area contributed by atoms with E-state index in [0.717, 1.165) is 19.2 Å². The van der Waals surface area contributed by atoms with E-state index in [1.807, 2.05) is 0 Å². The van der Waals surface area contributed by atoms with E-state index in [1.54, 1.807) is 0 Å². The average Bonchev–Trinajstić information content (AvgIpc) is 2.28. The second kappa shape index (κ2) is 5.40. The van der Waals surface area contributed by atoms with Crippen LogP contribution in [0.4, 0.5) is 8.78 Å². The minimum Gasteiger partial charge on any atom is -0.478 e. The van der Waals surface area contributed by atoms with Gasteiger partial charge in [-0.25, -0.2) is 22.0 Å². The van der Waals surface area contributed by atoms with Gasteiger partial charge in [0.25, 0.3) is 6.43 Å². The maximum atomic E-state index is 12.2. The third-order valence-electron chi connectivity index (χ3n) is 2.20. The molecule has 0 aliphatic rings. The average molecular weight is 279 g/mol. The summed E-state index contributed by atoms with van der Waals surface area (Å²) in [5.74, 6) is -1.43. The number of carbonyl (C=O) groups is 1. The number of alkyl halides is 2. The van der Waals surface area contributed by atoms with Gasteiger partial charge < -0.3 is 5.11 Å². The standard InChI is InChI=1S/C10H11F2NO4S/c1-13(6-9(11)12)18(16,17)8-5-3-2-4-7(8)10(14)15/h2-5,9H,6H2,1H3,(H,14,15). The smallest absolute Gasteiger partial charge is 0.337 e. The molecule has 18 heavy (non-hydrogen) atoms. The maximum absolute atomic E-state index is 12.2. The number of nitrogens with zero attached hydrogens (tertiary/aromatic N) is 1. The predicted molar refractivity (Wildman–Crippen MR) is 59.2 cm³/mol. The van der Waals surface area contributed by atoms with E-state index in [2.05, 4.69) is 0 Å². The minimum absolute atomic E-state index is 0.430. The molecule has 0 radical (unpaired) electrons. The lowest BCUT2D eigenvalue weighted by Gasteiger charge is -2.17. The molecule has 0 saturated heterocycles. The van der Waals surface area contributed by atoms with Crippen molar-refractivity contribution >= 4 is 16.0 Å². The Morgan fingerprint density at radius 1 is 1.39 bits per heavy atom. The van der Waals surface area contributed by atoms with Crippen molar-refractivity contribution in [3.05, 3.63) is 29.8 Å². The Balaban J connectivity index is 3.24. The van der Waals surface area contributed by atoms with E-state index < -0.39 is 39.4 Å². The van der Waals surface area contributed by atoms with Crippen LogP contribution in [-0.2, 0) is 10.0 Å². The molecule has 0 amide bonds. The summed E-state index contributed by atoms with van der Waals surface area (Å²) in [5.41, 5.74) is -0.446. The molecule has 0 saturated carbocycles. The van der Waals surface area contributed by atoms with Gasteiger partial charge in [-0.05, 0) is 12.1 Å². The normalized spacial score (nSPS) is 12.1. The Labute approximate surface area is 103 Å². The van der Waals surface area contributed by atoms with Crippen LogP contribution in [0.2, 0.25) is 0 Å². The van der Waals surface area contributed by atoms with Crippen LogP contribution in [-0.4, -0.2) is 43.8 Å². The second-order valence-corrected chi connectivity index (χ2v) is 5.49. The lowest BCUT2D eigenvalue weighted by molar-refractivity contribution is 0.0692. The molecule has 1 rings (SSSR count). The largest absolute Gasteiger partial charge is 0.478 e. The summed E-state index contributed by atoms with van der Waals surface area (Å²) in [5, 5.41) is 8.86. The zero-order chi connectivity index (χ0) is 13.9. The highest BCUT2D eigenvalue weighted by Crippen LogP contribution is 2.19. The van der Waals surface area contributed by atoms with Crippen LogP contribution in [0.25, 0.3) is 0 Å². The fourth-order valence-corrected chi connectivity index (χ4v) is 2.66. The van der Waals surface area contributed by atoms with Gasteiger partial charge in [-0.15, -0.1) is 0 Å².